The molecule has 17 aliphatic rings. The van der Waals surface area contributed by atoms with Crippen molar-refractivity contribution in [3.8, 4) is 5.75 Å². The minimum absolute atomic E-state index is 0.231. The van der Waals surface area contributed by atoms with E-state index in [9.17, 15) is 5.11 Å². The Morgan fingerprint density at radius 3 is 2.75 bits per heavy atom. The summed E-state index contributed by atoms with van der Waals surface area (Å²) in [7, 11) is 0. The summed E-state index contributed by atoms with van der Waals surface area (Å²) in [6.07, 6.45) is 17.7. The van der Waals surface area contributed by atoms with Crippen molar-refractivity contribution in [1.82, 2.24) is 0 Å². The van der Waals surface area contributed by atoms with E-state index in [-0.39, 0.29) is 21.7 Å². The lowest BCUT2D eigenvalue weighted by Crippen LogP contribution is -2.58. The van der Waals surface area contributed by atoms with Gasteiger partial charge in [-0.15, -0.1) is 0 Å². The highest BCUT2D eigenvalue weighted by molar-refractivity contribution is 6.14. The molecule has 5 saturated carbocycles. The number of nitrogens with zero attached hydrogens (tertiary/aromatic N) is 1. The number of anilines is 1. The van der Waals surface area contributed by atoms with Gasteiger partial charge in [-0.2, -0.15) is 0 Å². The van der Waals surface area contributed by atoms with Crippen LogP contribution in [-0.4, -0.2) is 17.7 Å². The lowest BCUT2D eigenvalue weighted by atomic mass is 9.42. The third kappa shape index (κ3) is 1.53. The van der Waals surface area contributed by atoms with Crippen LogP contribution >= 0.6 is 0 Å². The van der Waals surface area contributed by atoms with Gasteiger partial charge in [0.2, 0.25) is 0 Å². The van der Waals surface area contributed by atoms with Crippen LogP contribution in [0.15, 0.2) is 115 Å². The zero-order valence-electron chi connectivity index (χ0n) is 28.5. The summed E-state index contributed by atoms with van der Waals surface area (Å²) in [6.45, 7) is 3.77. The van der Waals surface area contributed by atoms with Crippen LogP contribution in [0.1, 0.15) is 55.2 Å². The number of allylic oxidation sites excluding steroid dienone is 15. The van der Waals surface area contributed by atoms with Crippen molar-refractivity contribution in [2.75, 3.05) is 11.4 Å². The fraction of sp³-hybridized carbons (Fsp3) is 0.388. The van der Waals surface area contributed by atoms with Crippen LogP contribution < -0.4 is 15.3 Å². The number of phenolic OH excluding ortho intramolecular Hbond substituents is 1. The van der Waals surface area contributed by atoms with Crippen molar-refractivity contribution in [3.05, 3.63) is 143 Å². The second kappa shape index (κ2) is 5.87. The van der Waals surface area contributed by atoms with Gasteiger partial charge < -0.3 is 10.0 Å². The first-order valence-electron chi connectivity index (χ1n) is 20.4. The number of hydrogen-bond acceptors (Lipinski definition) is 2. The van der Waals surface area contributed by atoms with Crippen molar-refractivity contribution >= 4 is 22.9 Å². The van der Waals surface area contributed by atoms with Crippen LogP contribution in [0.3, 0.4) is 0 Å². The van der Waals surface area contributed by atoms with Crippen molar-refractivity contribution in [3.63, 3.8) is 0 Å². The normalized spacial score (nSPS) is 51.0. The maximum absolute atomic E-state index is 10.4. The number of phenols is 1. The largest absolute Gasteiger partial charge is 0.508 e. The third-order valence-electron chi connectivity index (χ3n) is 20.2. The fourth-order valence-electron chi connectivity index (χ4n) is 20.1. The zero-order valence-corrected chi connectivity index (χ0v) is 28.5. The Morgan fingerprint density at radius 2 is 1.82 bits per heavy atom. The molecule has 2 bridgehead atoms. The predicted molar refractivity (Wildman–Crippen MR) is 193 cm³/mol. The van der Waals surface area contributed by atoms with Crippen LogP contribution in [0.5, 0.6) is 5.75 Å². The van der Waals surface area contributed by atoms with Gasteiger partial charge in [-0.05, 0) is 181 Å². The lowest BCUT2D eigenvalue weighted by molar-refractivity contribution is -0.00864. The van der Waals surface area contributed by atoms with E-state index in [0.717, 1.165) is 12.5 Å². The molecule has 1 aliphatic heterocycles. The Balaban J connectivity index is 1.05. The van der Waals surface area contributed by atoms with Crippen LogP contribution in [0.4, 0.5) is 5.69 Å². The van der Waals surface area contributed by atoms with E-state index < -0.39 is 0 Å². The summed E-state index contributed by atoms with van der Waals surface area (Å²) >= 11 is 0. The van der Waals surface area contributed by atoms with Gasteiger partial charge in [0.05, 0.1) is 0 Å². The molecule has 2 heteroatoms. The molecule has 240 valence electrons. The minimum atomic E-state index is 0.231. The smallest absolute Gasteiger partial charge is 0.115 e. The molecule has 1 saturated heterocycles. The number of hydrogen-bond donors (Lipinski definition) is 1. The zero-order chi connectivity index (χ0) is 31.9. The first kappa shape index (κ1) is 23.3. The predicted octanol–water partition coefficient (Wildman–Crippen LogP) is 7.00. The molecule has 4 spiro atoms. The van der Waals surface area contributed by atoms with E-state index in [2.05, 4.69) is 54.3 Å². The molecule has 0 radical (unpaired) electrons. The third-order valence-corrected chi connectivity index (χ3v) is 20.2. The number of benzene rings is 2. The maximum Gasteiger partial charge on any atom is 0.115 e. The fourth-order valence-corrected chi connectivity index (χ4v) is 20.1. The number of aromatic hydroxyl groups is 1. The standard InChI is InChI=1S/C49H33NO/c1-17-47-29-14-23-12-22-11-21-10-20-9-18-3-2-4-19-13-28-46(47,16-50(17)24-5-7-25(51)8-6-24)48(28)44-30(19)27-15-26(18)35-33(20)37-31(21)32(22)38-34(23)45(49(29,47)48)43-41(38)40(37)39(35)36(27)42(43)44/h4-9,12-14,17,20-21,29,31,33,42,44,51H,2-3,10-11,15-16H2,1H3/b19-4-. The molecule has 1 heterocycles. The topological polar surface area (TPSA) is 23.5 Å². The Morgan fingerprint density at radius 1 is 0.902 bits per heavy atom. The molecule has 19 rings (SSSR count). The van der Waals surface area contributed by atoms with Crippen molar-refractivity contribution in [2.45, 2.75) is 51.0 Å². The van der Waals surface area contributed by atoms with Crippen molar-refractivity contribution in [1.29, 1.82) is 0 Å². The van der Waals surface area contributed by atoms with Gasteiger partial charge in [-0.3, -0.25) is 0 Å². The molecule has 6 fully saturated rings. The number of rotatable bonds is 1. The quantitative estimate of drug-likeness (QED) is 0.359. The second-order valence-corrected chi connectivity index (χ2v) is 20.1. The van der Waals surface area contributed by atoms with Crippen LogP contribution in [-0.2, 0) is 6.42 Å². The highest BCUT2D eigenvalue weighted by atomic mass is 16.3. The maximum atomic E-state index is 10.4. The molecule has 1 N–H and O–H groups in total. The molecule has 2 aromatic carbocycles. The van der Waals surface area contributed by atoms with Gasteiger partial charge in [-0.1, -0.05) is 35.9 Å². The van der Waals surface area contributed by atoms with Crippen LogP contribution in [0.2, 0.25) is 0 Å². The molecule has 16 aliphatic carbocycles. The molecule has 51 heavy (non-hydrogen) atoms. The molecular formula is C49H33NO. The molecule has 0 aromatic heterocycles. The summed E-state index contributed by atoms with van der Waals surface area (Å²) in [5.74, 6) is 4.94. The first-order chi connectivity index (χ1) is 25.1. The summed E-state index contributed by atoms with van der Waals surface area (Å²) in [5.41, 5.74) is 33.2. The molecule has 12 atom stereocenters. The summed E-state index contributed by atoms with van der Waals surface area (Å²) < 4.78 is 0. The highest BCUT2D eigenvalue weighted by Crippen LogP contribution is 3.17. The van der Waals surface area contributed by atoms with Crippen molar-refractivity contribution < 1.29 is 5.11 Å². The van der Waals surface area contributed by atoms with Gasteiger partial charge in [0.1, 0.15) is 5.75 Å². The van der Waals surface area contributed by atoms with Gasteiger partial charge in [0.25, 0.3) is 0 Å². The first-order valence-corrected chi connectivity index (χ1v) is 20.4. The van der Waals surface area contributed by atoms with Crippen LogP contribution in [0.25, 0.3) is 17.2 Å². The molecule has 0 amide bonds. The average molecular weight is 652 g/mol. The highest BCUT2D eigenvalue weighted by Gasteiger charge is 3.16. The minimum Gasteiger partial charge on any atom is -0.508 e. The van der Waals surface area contributed by atoms with Gasteiger partial charge in [0, 0.05) is 63.6 Å². The van der Waals surface area contributed by atoms with Gasteiger partial charge in [-0.25, -0.2) is 0 Å². The average Bonchev–Trinajstić information content (AvgIpc) is 3.48. The molecule has 2 aromatic rings. The van der Waals surface area contributed by atoms with Crippen molar-refractivity contribution in [2.24, 2.45) is 57.2 Å². The molecule has 12 unspecified atom stereocenters. The van der Waals surface area contributed by atoms with E-state index in [1.54, 1.807) is 43.9 Å². The van der Waals surface area contributed by atoms with E-state index >= 15 is 0 Å². The monoisotopic (exact) mass is 651 g/mol. The van der Waals surface area contributed by atoms with Gasteiger partial charge >= 0.3 is 0 Å². The summed E-state index contributed by atoms with van der Waals surface area (Å²) in [5, 5.41) is 13.7. The Bertz CT molecular complexity index is 3000. The Hall–Kier alpha value is -4.30. The van der Waals surface area contributed by atoms with E-state index in [4.69, 9.17) is 0 Å². The Labute approximate surface area is 295 Å². The molecule has 2 nitrogen and oxygen atoms in total. The summed E-state index contributed by atoms with van der Waals surface area (Å²) in [4.78, 5) is 2.83. The molecular weight excluding hydrogens is 619 g/mol. The Kier molecular flexibility index (Phi) is 2.68. The van der Waals surface area contributed by atoms with E-state index in [1.807, 2.05) is 73.4 Å². The SMILES string of the molecule is CC1N(c2ccc(O)cc2)CC23C4=C/C5=C/CCC6=CC7CC8Cc9cc%10c%11c%12c9C8C8=C9C%13=C%14C(=C5C5C%14C(=C9%12)C=%11C9(C(C=%10)C129)C453)CC6=C%13C87. The summed E-state index contributed by atoms with van der Waals surface area (Å²) in [6, 6.07) is 11.5. The lowest BCUT2D eigenvalue weighted by Gasteiger charge is -2.58. The second-order valence-electron chi connectivity index (χ2n) is 20.1. The van der Waals surface area contributed by atoms with Crippen LogP contribution in [0, 0.1) is 57.2 Å². The van der Waals surface area contributed by atoms with Gasteiger partial charge in [0.15, 0.2) is 0 Å². The van der Waals surface area contributed by atoms with E-state index in [0.29, 0.717) is 47.3 Å². The van der Waals surface area contributed by atoms with E-state index in [1.165, 1.54) is 37.8 Å².